The Morgan fingerprint density at radius 3 is 2.15 bits per heavy atom. The van der Waals surface area contributed by atoms with Crippen LogP contribution < -0.4 is 0 Å². The molecule has 5 heteroatoms. The molecule has 26 heavy (non-hydrogen) atoms. The minimum absolute atomic E-state index is 0.241. The quantitative estimate of drug-likeness (QED) is 0.496. The summed E-state index contributed by atoms with van der Waals surface area (Å²) in [4.78, 5) is 27.4. The second-order valence-electron chi connectivity index (χ2n) is 7.89. The molecule has 0 aromatic heterocycles. The predicted molar refractivity (Wildman–Crippen MR) is 106 cm³/mol. The lowest BCUT2D eigenvalue weighted by Gasteiger charge is -2.37. The highest BCUT2D eigenvalue weighted by molar-refractivity contribution is 5.68. The summed E-state index contributed by atoms with van der Waals surface area (Å²) in [5.74, 6) is 0.392. The van der Waals surface area contributed by atoms with E-state index < -0.39 is 5.60 Å². The zero-order valence-electron chi connectivity index (χ0n) is 17.4. The standard InChI is InChI=1S/C21H36N2O3/c1-7-9-19(16-18(10-15-24)17(3)8-2)22-11-13-23(14-12-22)20(25)26-21(4,5)6/h9,15-17H,7-8,10-14H2,1-6H3/b18-16-,19-9+. The summed E-state index contributed by atoms with van der Waals surface area (Å²) in [5, 5.41) is 0. The van der Waals surface area contributed by atoms with Gasteiger partial charge in [0.05, 0.1) is 0 Å². The van der Waals surface area contributed by atoms with E-state index >= 15 is 0 Å². The summed E-state index contributed by atoms with van der Waals surface area (Å²) >= 11 is 0. The van der Waals surface area contributed by atoms with E-state index in [9.17, 15) is 9.59 Å². The smallest absolute Gasteiger partial charge is 0.410 e. The van der Waals surface area contributed by atoms with Gasteiger partial charge >= 0.3 is 6.09 Å². The van der Waals surface area contributed by atoms with Gasteiger partial charge in [-0.25, -0.2) is 4.79 Å². The lowest BCUT2D eigenvalue weighted by atomic mass is 9.94. The van der Waals surface area contributed by atoms with Crippen molar-refractivity contribution in [2.75, 3.05) is 26.2 Å². The first-order valence-corrected chi connectivity index (χ1v) is 9.78. The van der Waals surface area contributed by atoms with Crippen molar-refractivity contribution in [2.24, 2.45) is 5.92 Å². The third kappa shape index (κ3) is 7.22. The van der Waals surface area contributed by atoms with Gasteiger partial charge in [-0.05, 0) is 45.6 Å². The van der Waals surface area contributed by atoms with Crippen LogP contribution in [0.15, 0.2) is 23.4 Å². The molecule has 0 aromatic rings. The van der Waals surface area contributed by atoms with E-state index in [0.29, 0.717) is 25.4 Å². The Balaban J connectivity index is 2.81. The van der Waals surface area contributed by atoms with Gasteiger partial charge in [-0.3, -0.25) is 0 Å². The van der Waals surface area contributed by atoms with E-state index in [-0.39, 0.29) is 6.09 Å². The number of aldehydes is 1. The molecule has 0 aromatic carbocycles. The molecule has 0 aliphatic carbocycles. The van der Waals surface area contributed by atoms with Gasteiger partial charge in [0.1, 0.15) is 11.9 Å². The molecule has 1 aliphatic heterocycles. The molecule has 5 nitrogen and oxygen atoms in total. The molecule has 1 atom stereocenters. The first kappa shape index (κ1) is 22.3. The third-order valence-electron chi connectivity index (χ3n) is 4.61. The topological polar surface area (TPSA) is 49.9 Å². The summed E-state index contributed by atoms with van der Waals surface area (Å²) in [6, 6.07) is 0. The molecule has 0 N–H and O–H groups in total. The monoisotopic (exact) mass is 364 g/mol. The van der Waals surface area contributed by atoms with Crippen LogP contribution in [0.1, 0.15) is 60.8 Å². The maximum atomic E-state index is 12.2. The van der Waals surface area contributed by atoms with Crippen molar-refractivity contribution < 1.29 is 14.3 Å². The van der Waals surface area contributed by atoms with Crippen LogP contribution in [0.3, 0.4) is 0 Å². The van der Waals surface area contributed by atoms with E-state index in [1.165, 1.54) is 5.57 Å². The van der Waals surface area contributed by atoms with E-state index in [0.717, 1.165) is 37.9 Å². The van der Waals surface area contributed by atoms with Crippen molar-refractivity contribution in [3.8, 4) is 0 Å². The van der Waals surface area contributed by atoms with Crippen LogP contribution in [0.5, 0.6) is 0 Å². The molecule has 0 saturated carbocycles. The van der Waals surface area contributed by atoms with Crippen molar-refractivity contribution in [2.45, 2.75) is 66.4 Å². The SMILES string of the molecule is CC/C=C(\C=C(\CC=O)C(C)CC)N1CCN(C(=O)OC(C)(C)C)CC1. The van der Waals surface area contributed by atoms with Gasteiger partial charge in [0.25, 0.3) is 0 Å². The highest BCUT2D eigenvalue weighted by Crippen LogP contribution is 2.22. The molecule has 1 aliphatic rings. The van der Waals surface area contributed by atoms with Crippen LogP contribution in [-0.2, 0) is 9.53 Å². The fraction of sp³-hybridized carbons (Fsp3) is 0.714. The molecular weight excluding hydrogens is 328 g/mol. The van der Waals surface area contributed by atoms with Crippen LogP contribution in [0, 0.1) is 5.92 Å². The highest BCUT2D eigenvalue weighted by atomic mass is 16.6. The minimum Gasteiger partial charge on any atom is -0.444 e. The minimum atomic E-state index is -0.468. The number of carbonyl (C=O) groups excluding carboxylic acids is 2. The predicted octanol–water partition coefficient (Wildman–Crippen LogP) is 4.39. The Labute approximate surface area is 159 Å². The van der Waals surface area contributed by atoms with Crippen LogP contribution in [0.25, 0.3) is 0 Å². The Hall–Kier alpha value is -1.78. The van der Waals surface area contributed by atoms with Crippen molar-refractivity contribution >= 4 is 12.4 Å². The molecule has 1 heterocycles. The van der Waals surface area contributed by atoms with Crippen molar-refractivity contribution in [1.29, 1.82) is 0 Å². The number of amides is 1. The lowest BCUT2D eigenvalue weighted by Crippen LogP contribution is -2.49. The van der Waals surface area contributed by atoms with Gasteiger partial charge in [0.2, 0.25) is 0 Å². The molecule has 0 spiro atoms. The zero-order chi connectivity index (χ0) is 19.7. The number of piperazine rings is 1. The summed E-state index contributed by atoms with van der Waals surface area (Å²) in [6.07, 6.45) is 7.56. The summed E-state index contributed by atoms with van der Waals surface area (Å²) in [7, 11) is 0. The average Bonchev–Trinajstić information content (AvgIpc) is 2.58. The maximum absolute atomic E-state index is 12.2. The van der Waals surface area contributed by atoms with Crippen LogP contribution >= 0.6 is 0 Å². The molecule has 148 valence electrons. The number of hydrogen-bond donors (Lipinski definition) is 0. The molecular formula is C21H36N2O3. The van der Waals surface area contributed by atoms with Crippen LogP contribution in [-0.4, -0.2) is 54.0 Å². The number of rotatable bonds is 7. The van der Waals surface area contributed by atoms with Gasteiger partial charge in [-0.1, -0.05) is 32.4 Å². The van der Waals surface area contributed by atoms with E-state index in [1.54, 1.807) is 4.90 Å². The molecule has 1 rings (SSSR count). The Morgan fingerprint density at radius 2 is 1.69 bits per heavy atom. The Bertz CT molecular complexity index is 524. The Kier molecular flexibility index (Phi) is 8.89. The summed E-state index contributed by atoms with van der Waals surface area (Å²) in [5.41, 5.74) is 1.87. The highest BCUT2D eigenvalue weighted by Gasteiger charge is 2.26. The fourth-order valence-electron chi connectivity index (χ4n) is 2.91. The number of allylic oxidation sites excluding steroid dienone is 3. The summed E-state index contributed by atoms with van der Waals surface area (Å²) in [6.45, 7) is 14.9. The van der Waals surface area contributed by atoms with E-state index in [1.807, 2.05) is 20.8 Å². The number of carbonyl (C=O) groups is 2. The normalized spacial score (nSPS) is 17.9. The van der Waals surface area contributed by atoms with Crippen molar-refractivity contribution in [3.63, 3.8) is 0 Å². The first-order chi connectivity index (χ1) is 12.2. The van der Waals surface area contributed by atoms with Crippen LogP contribution in [0.4, 0.5) is 4.79 Å². The van der Waals surface area contributed by atoms with Gasteiger partial charge in [0.15, 0.2) is 0 Å². The average molecular weight is 365 g/mol. The van der Waals surface area contributed by atoms with Gasteiger partial charge < -0.3 is 19.3 Å². The van der Waals surface area contributed by atoms with Crippen molar-refractivity contribution in [3.05, 3.63) is 23.4 Å². The number of hydrogen-bond acceptors (Lipinski definition) is 4. The Morgan fingerprint density at radius 1 is 1.12 bits per heavy atom. The van der Waals surface area contributed by atoms with E-state index in [2.05, 4.69) is 37.8 Å². The molecule has 1 saturated heterocycles. The number of nitrogens with zero attached hydrogens (tertiary/aromatic N) is 2. The van der Waals surface area contributed by atoms with Gasteiger partial charge in [0, 0.05) is 38.3 Å². The third-order valence-corrected chi connectivity index (χ3v) is 4.61. The van der Waals surface area contributed by atoms with Crippen LogP contribution in [0.2, 0.25) is 0 Å². The first-order valence-electron chi connectivity index (χ1n) is 9.78. The lowest BCUT2D eigenvalue weighted by molar-refractivity contribution is -0.107. The largest absolute Gasteiger partial charge is 0.444 e. The fourth-order valence-corrected chi connectivity index (χ4v) is 2.91. The molecule has 1 amide bonds. The summed E-state index contributed by atoms with van der Waals surface area (Å²) < 4.78 is 5.47. The maximum Gasteiger partial charge on any atom is 0.410 e. The van der Waals surface area contributed by atoms with E-state index in [4.69, 9.17) is 4.74 Å². The molecule has 0 radical (unpaired) electrons. The second-order valence-corrected chi connectivity index (χ2v) is 7.89. The van der Waals surface area contributed by atoms with Gasteiger partial charge in [-0.2, -0.15) is 0 Å². The second kappa shape index (κ2) is 10.4. The molecule has 0 bridgehead atoms. The number of ether oxygens (including phenoxy) is 1. The molecule has 1 unspecified atom stereocenters. The van der Waals surface area contributed by atoms with Crippen molar-refractivity contribution in [1.82, 2.24) is 9.80 Å². The van der Waals surface area contributed by atoms with Gasteiger partial charge in [-0.15, -0.1) is 0 Å². The zero-order valence-corrected chi connectivity index (χ0v) is 17.4. The molecule has 1 fully saturated rings.